The number of hydrogen-bond acceptors (Lipinski definition) is 5. The van der Waals surface area contributed by atoms with Gasteiger partial charge in [-0.3, -0.25) is 0 Å². The van der Waals surface area contributed by atoms with Gasteiger partial charge < -0.3 is 14.5 Å². The van der Waals surface area contributed by atoms with Gasteiger partial charge in [0.2, 0.25) is 12.3 Å². The second-order valence-electron chi connectivity index (χ2n) is 5.32. The monoisotopic (exact) mass is 273 g/mol. The van der Waals surface area contributed by atoms with Crippen molar-refractivity contribution in [3.05, 3.63) is 30.2 Å². The van der Waals surface area contributed by atoms with Crippen LogP contribution >= 0.6 is 0 Å². The van der Waals surface area contributed by atoms with Crippen molar-refractivity contribution in [3.63, 3.8) is 0 Å². The molecule has 0 bridgehead atoms. The molecule has 0 spiro atoms. The Morgan fingerprint density at radius 2 is 2.30 bits per heavy atom. The predicted molar refractivity (Wildman–Crippen MR) is 76.5 cm³/mol. The van der Waals surface area contributed by atoms with Crippen LogP contribution in [-0.4, -0.2) is 30.0 Å². The predicted octanol–water partition coefficient (Wildman–Crippen LogP) is 2.88. The molecular formula is C15H19N3O2. The summed E-state index contributed by atoms with van der Waals surface area (Å²) in [5.41, 5.74) is 3.25. The molecule has 1 aromatic carbocycles. The van der Waals surface area contributed by atoms with E-state index in [1.54, 1.807) is 7.11 Å². The van der Waals surface area contributed by atoms with E-state index in [2.05, 4.69) is 34.6 Å². The molecule has 106 valence electrons. The number of rotatable bonds is 6. The molecule has 0 aliphatic heterocycles. The summed E-state index contributed by atoms with van der Waals surface area (Å²) in [6, 6.07) is 6.53. The highest BCUT2D eigenvalue weighted by molar-refractivity contribution is 5.62. The summed E-state index contributed by atoms with van der Waals surface area (Å²) in [5, 5.41) is 11.2. The molecule has 1 aliphatic carbocycles. The zero-order valence-electron chi connectivity index (χ0n) is 11.8. The Hall–Kier alpha value is -1.88. The standard InChI is InChI=1S/C15H19N3O2/c1-10-7-12(15-18-16-9-20-15)5-6-13(10)17-14(8-19-2)11-3-4-11/h5-7,9,11,14,17H,3-4,8H2,1-2H3. The zero-order valence-corrected chi connectivity index (χ0v) is 11.8. The van der Waals surface area contributed by atoms with E-state index in [9.17, 15) is 0 Å². The molecule has 0 saturated heterocycles. The van der Waals surface area contributed by atoms with Crippen LogP contribution in [0, 0.1) is 12.8 Å². The fourth-order valence-electron chi connectivity index (χ4n) is 2.43. The molecular weight excluding hydrogens is 254 g/mol. The van der Waals surface area contributed by atoms with Crippen molar-refractivity contribution in [2.45, 2.75) is 25.8 Å². The van der Waals surface area contributed by atoms with Crippen molar-refractivity contribution in [2.75, 3.05) is 19.0 Å². The maximum Gasteiger partial charge on any atom is 0.247 e. The summed E-state index contributed by atoms with van der Waals surface area (Å²) in [4.78, 5) is 0. The van der Waals surface area contributed by atoms with Crippen LogP contribution < -0.4 is 5.32 Å². The molecule has 0 radical (unpaired) electrons. The summed E-state index contributed by atoms with van der Waals surface area (Å²) >= 11 is 0. The van der Waals surface area contributed by atoms with E-state index in [4.69, 9.17) is 9.15 Å². The largest absolute Gasteiger partial charge is 0.423 e. The third kappa shape index (κ3) is 2.82. The molecule has 1 unspecified atom stereocenters. The maximum atomic E-state index is 5.30. The first kappa shape index (κ1) is 13.1. The van der Waals surface area contributed by atoms with Gasteiger partial charge in [0, 0.05) is 18.4 Å². The van der Waals surface area contributed by atoms with E-state index in [0.717, 1.165) is 23.8 Å². The van der Waals surface area contributed by atoms with Crippen LogP contribution in [0.15, 0.2) is 29.0 Å². The second kappa shape index (κ2) is 5.63. The van der Waals surface area contributed by atoms with E-state index in [-0.39, 0.29) is 0 Å². The molecule has 5 nitrogen and oxygen atoms in total. The van der Waals surface area contributed by atoms with Gasteiger partial charge >= 0.3 is 0 Å². The van der Waals surface area contributed by atoms with Gasteiger partial charge in [0.15, 0.2) is 0 Å². The zero-order chi connectivity index (χ0) is 13.9. The van der Waals surface area contributed by atoms with Crippen LogP contribution in [0.4, 0.5) is 5.69 Å². The third-order valence-corrected chi connectivity index (χ3v) is 3.71. The molecule has 5 heteroatoms. The van der Waals surface area contributed by atoms with Gasteiger partial charge in [0.05, 0.1) is 12.6 Å². The van der Waals surface area contributed by atoms with Gasteiger partial charge in [0.1, 0.15) is 0 Å². The smallest absolute Gasteiger partial charge is 0.247 e. The Morgan fingerprint density at radius 1 is 1.45 bits per heavy atom. The lowest BCUT2D eigenvalue weighted by Gasteiger charge is -2.20. The molecule has 2 aromatic rings. The normalized spacial score (nSPS) is 16.1. The first-order chi connectivity index (χ1) is 9.78. The molecule has 3 rings (SSSR count). The van der Waals surface area contributed by atoms with Gasteiger partial charge in [-0.05, 0) is 49.4 Å². The first-order valence-corrected chi connectivity index (χ1v) is 6.90. The number of anilines is 1. The SMILES string of the molecule is COCC(Nc1ccc(-c2nnco2)cc1C)C1CC1. The fraction of sp³-hybridized carbons (Fsp3) is 0.467. The van der Waals surface area contributed by atoms with Crippen molar-refractivity contribution < 1.29 is 9.15 Å². The van der Waals surface area contributed by atoms with Crippen LogP contribution in [0.2, 0.25) is 0 Å². The van der Waals surface area contributed by atoms with E-state index in [1.807, 2.05) is 6.07 Å². The summed E-state index contributed by atoms with van der Waals surface area (Å²) in [5.74, 6) is 1.29. The molecule has 20 heavy (non-hydrogen) atoms. The lowest BCUT2D eigenvalue weighted by atomic mass is 10.1. The van der Waals surface area contributed by atoms with Crippen LogP contribution in [-0.2, 0) is 4.74 Å². The number of benzene rings is 1. The number of aryl methyl sites for hydroxylation is 1. The first-order valence-electron chi connectivity index (χ1n) is 6.90. The number of ether oxygens (including phenoxy) is 1. The summed E-state index contributed by atoms with van der Waals surface area (Å²) in [7, 11) is 1.75. The molecule has 1 N–H and O–H groups in total. The van der Waals surface area contributed by atoms with Gasteiger partial charge in [-0.15, -0.1) is 10.2 Å². The highest BCUT2D eigenvalue weighted by atomic mass is 16.5. The Kier molecular flexibility index (Phi) is 3.69. The number of hydrogen-bond donors (Lipinski definition) is 1. The minimum absolute atomic E-state index is 0.396. The van der Waals surface area contributed by atoms with E-state index in [0.29, 0.717) is 11.9 Å². The summed E-state index contributed by atoms with van der Waals surface area (Å²) in [6.07, 6.45) is 3.93. The average molecular weight is 273 g/mol. The number of aromatic nitrogens is 2. The molecule has 1 atom stereocenters. The van der Waals surface area contributed by atoms with Crippen molar-refractivity contribution in [1.82, 2.24) is 10.2 Å². The fourth-order valence-corrected chi connectivity index (χ4v) is 2.43. The molecule has 1 aliphatic rings. The summed E-state index contributed by atoms with van der Waals surface area (Å²) in [6.45, 7) is 2.83. The Labute approximate surface area is 118 Å². The van der Waals surface area contributed by atoms with Crippen molar-refractivity contribution in [3.8, 4) is 11.5 Å². The molecule has 1 aromatic heterocycles. The Balaban J connectivity index is 1.76. The van der Waals surface area contributed by atoms with E-state index >= 15 is 0 Å². The van der Waals surface area contributed by atoms with Crippen LogP contribution in [0.1, 0.15) is 18.4 Å². The topological polar surface area (TPSA) is 60.2 Å². The Morgan fingerprint density at radius 3 is 2.90 bits per heavy atom. The second-order valence-corrected chi connectivity index (χ2v) is 5.32. The van der Waals surface area contributed by atoms with Crippen molar-refractivity contribution in [1.29, 1.82) is 0 Å². The Bertz CT molecular complexity index is 565. The summed E-state index contributed by atoms with van der Waals surface area (Å²) < 4.78 is 10.5. The number of nitrogens with one attached hydrogen (secondary N) is 1. The van der Waals surface area contributed by atoms with Gasteiger partial charge in [-0.2, -0.15) is 0 Å². The van der Waals surface area contributed by atoms with Crippen LogP contribution in [0.5, 0.6) is 0 Å². The van der Waals surface area contributed by atoms with Crippen molar-refractivity contribution in [2.24, 2.45) is 5.92 Å². The number of nitrogens with zero attached hydrogens (tertiary/aromatic N) is 2. The lowest BCUT2D eigenvalue weighted by Crippen LogP contribution is -2.27. The minimum Gasteiger partial charge on any atom is -0.423 e. The maximum absolute atomic E-state index is 5.30. The van der Waals surface area contributed by atoms with Crippen LogP contribution in [0.25, 0.3) is 11.5 Å². The lowest BCUT2D eigenvalue weighted by molar-refractivity contribution is 0.179. The van der Waals surface area contributed by atoms with Gasteiger partial charge in [-0.1, -0.05) is 0 Å². The molecule has 1 heterocycles. The molecule has 1 saturated carbocycles. The van der Waals surface area contributed by atoms with E-state index < -0.39 is 0 Å². The van der Waals surface area contributed by atoms with Gasteiger partial charge in [0.25, 0.3) is 0 Å². The quantitative estimate of drug-likeness (QED) is 0.877. The van der Waals surface area contributed by atoms with Gasteiger partial charge in [-0.25, -0.2) is 0 Å². The molecule has 1 fully saturated rings. The minimum atomic E-state index is 0.396. The van der Waals surface area contributed by atoms with E-state index in [1.165, 1.54) is 24.8 Å². The highest BCUT2D eigenvalue weighted by Crippen LogP contribution is 2.35. The van der Waals surface area contributed by atoms with Crippen LogP contribution in [0.3, 0.4) is 0 Å². The number of methoxy groups -OCH3 is 1. The molecule has 0 amide bonds. The average Bonchev–Trinajstić information content (AvgIpc) is 3.15. The third-order valence-electron chi connectivity index (χ3n) is 3.71. The van der Waals surface area contributed by atoms with Crippen molar-refractivity contribution >= 4 is 5.69 Å². The highest BCUT2D eigenvalue weighted by Gasteiger charge is 2.31.